The van der Waals surface area contributed by atoms with Crippen LogP contribution in [-0.2, 0) is 6.54 Å². The van der Waals surface area contributed by atoms with Gasteiger partial charge in [-0.05, 0) is 30.3 Å². The minimum absolute atomic E-state index is 0.0842. The fourth-order valence-electron chi connectivity index (χ4n) is 4.21. The monoisotopic (exact) mass is 471 g/mol. The van der Waals surface area contributed by atoms with Gasteiger partial charge >= 0.3 is 6.43 Å². The molecule has 2 aliphatic rings. The van der Waals surface area contributed by atoms with E-state index in [1.807, 2.05) is 4.90 Å². The first-order valence-corrected chi connectivity index (χ1v) is 10.6. The first-order chi connectivity index (χ1) is 16.5. The lowest BCUT2D eigenvalue weighted by Crippen LogP contribution is -2.78. The van der Waals surface area contributed by atoms with Crippen molar-refractivity contribution in [2.24, 2.45) is 0 Å². The summed E-state index contributed by atoms with van der Waals surface area (Å²) < 4.78 is 60.7. The van der Waals surface area contributed by atoms with Gasteiger partial charge in [0.15, 0.2) is 0 Å². The first-order valence-electron chi connectivity index (χ1n) is 10.6. The maximum Gasteiger partial charge on any atom is 0.314 e. The van der Waals surface area contributed by atoms with E-state index in [4.69, 9.17) is 4.42 Å². The van der Waals surface area contributed by atoms with Gasteiger partial charge in [-0.25, -0.2) is 13.5 Å². The molecular weight excluding hydrogens is 454 g/mol. The summed E-state index contributed by atoms with van der Waals surface area (Å²) in [5, 5.41) is 18.3. The minimum Gasteiger partial charge on any atom is -0.415 e. The summed E-state index contributed by atoms with van der Waals surface area (Å²) in [4.78, 5) is 2.04. The highest BCUT2D eigenvalue weighted by Gasteiger charge is 2.46. The van der Waals surface area contributed by atoms with Gasteiger partial charge in [0.2, 0.25) is 5.89 Å². The maximum atomic E-state index is 14.7. The second-order valence-electron chi connectivity index (χ2n) is 8.25. The molecule has 0 bridgehead atoms. The topological polar surface area (TPSA) is 84.9 Å². The van der Waals surface area contributed by atoms with Crippen LogP contribution in [0.3, 0.4) is 0 Å². The Labute approximate surface area is 190 Å². The molecule has 2 fully saturated rings. The van der Waals surface area contributed by atoms with Crippen molar-refractivity contribution in [1.82, 2.24) is 30.5 Å². The Balaban J connectivity index is 1.20. The lowest BCUT2D eigenvalue weighted by molar-refractivity contribution is 0.116. The SMILES string of the molecule is Fc1cc(-c2nnc(C(F)F)o2)ccc1Cn1cc(-c2ccc(F)c(N3CC4NC[C@H]43)c2)nn1. The Morgan fingerprint density at radius 3 is 2.56 bits per heavy atom. The lowest BCUT2D eigenvalue weighted by atomic mass is 9.87. The van der Waals surface area contributed by atoms with Crippen LogP contribution in [0, 0.1) is 11.6 Å². The summed E-state index contributed by atoms with van der Waals surface area (Å²) >= 11 is 0. The quantitative estimate of drug-likeness (QED) is 0.432. The number of nitrogens with one attached hydrogen (secondary N) is 1. The van der Waals surface area contributed by atoms with E-state index in [1.165, 1.54) is 22.9 Å². The number of benzene rings is 2. The number of nitrogens with zero attached hydrogens (tertiary/aromatic N) is 6. The molecule has 0 saturated carbocycles. The largest absolute Gasteiger partial charge is 0.415 e. The average Bonchev–Trinajstić information content (AvgIpc) is 3.48. The van der Waals surface area contributed by atoms with Gasteiger partial charge in [0.05, 0.1) is 24.5 Å². The molecular formula is C22H17F4N7O. The molecule has 2 saturated heterocycles. The summed E-state index contributed by atoms with van der Waals surface area (Å²) in [6.07, 6.45) is -1.25. The zero-order chi connectivity index (χ0) is 23.4. The molecule has 1 N–H and O–H groups in total. The molecule has 6 rings (SSSR count). The van der Waals surface area contributed by atoms with Crippen molar-refractivity contribution in [3.05, 3.63) is 65.7 Å². The molecule has 2 aliphatic heterocycles. The molecule has 2 atom stereocenters. The van der Waals surface area contributed by atoms with Crippen LogP contribution < -0.4 is 10.2 Å². The third kappa shape index (κ3) is 3.50. The van der Waals surface area contributed by atoms with E-state index in [2.05, 4.69) is 25.8 Å². The number of rotatable bonds is 6. The Hall–Kier alpha value is -3.80. The van der Waals surface area contributed by atoms with Gasteiger partial charge in [0, 0.05) is 35.8 Å². The summed E-state index contributed by atoms with van der Waals surface area (Å²) in [7, 11) is 0. The number of hydrogen-bond acceptors (Lipinski definition) is 7. The lowest BCUT2D eigenvalue weighted by Gasteiger charge is -2.57. The van der Waals surface area contributed by atoms with Crippen LogP contribution in [0.4, 0.5) is 23.2 Å². The average molecular weight is 471 g/mol. The van der Waals surface area contributed by atoms with Crippen molar-refractivity contribution < 1.29 is 22.0 Å². The van der Waals surface area contributed by atoms with E-state index in [-0.39, 0.29) is 23.8 Å². The molecule has 12 heteroatoms. The van der Waals surface area contributed by atoms with Crippen molar-refractivity contribution in [1.29, 1.82) is 0 Å². The summed E-state index contributed by atoms with van der Waals surface area (Å²) in [6, 6.07) is 9.68. The zero-order valence-electron chi connectivity index (χ0n) is 17.5. The Bertz CT molecular complexity index is 1370. The van der Waals surface area contributed by atoms with Gasteiger partial charge in [0.25, 0.3) is 5.89 Å². The molecule has 34 heavy (non-hydrogen) atoms. The number of fused-ring (bicyclic) bond motifs is 1. The standard InChI is InChI=1S/C22H17F4N7O/c23-14-4-3-11(6-18(14)33-10-17-19(33)7-27-17)16-9-32(31-28-16)8-13-2-1-12(5-15(13)24)21-29-30-22(34-21)20(25)26/h1-6,9,17,19-20,27H,7-8,10H2/t17?,19-/m1/s1. The van der Waals surface area contributed by atoms with E-state index >= 15 is 0 Å². The van der Waals surface area contributed by atoms with Crippen LogP contribution >= 0.6 is 0 Å². The van der Waals surface area contributed by atoms with E-state index < -0.39 is 18.1 Å². The molecule has 0 amide bonds. The van der Waals surface area contributed by atoms with Crippen LogP contribution in [0.2, 0.25) is 0 Å². The fourth-order valence-corrected chi connectivity index (χ4v) is 4.21. The van der Waals surface area contributed by atoms with Gasteiger partial charge in [0.1, 0.15) is 17.3 Å². The van der Waals surface area contributed by atoms with Gasteiger partial charge in [-0.1, -0.05) is 11.3 Å². The number of alkyl halides is 2. The molecule has 174 valence electrons. The Kier molecular flexibility index (Phi) is 4.83. The van der Waals surface area contributed by atoms with Crippen LogP contribution in [0.5, 0.6) is 0 Å². The Morgan fingerprint density at radius 2 is 1.88 bits per heavy atom. The second-order valence-corrected chi connectivity index (χ2v) is 8.25. The molecule has 0 radical (unpaired) electrons. The highest BCUT2D eigenvalue weighted by Crippen LogP contribution is 2.35. The van der Waals surface area contributed by atoms with Crippen LogP contribution in [0.1, 0.15) is 17.9 Å². The highest BCUT2D eigenvalue weighted by atomic mass is 19.3. The van der Waals surface area contributed by atoms with Gasteiger partial charge < -0.3 is 14.6 Å². The maximum absolute atomic E-state index is 14.7. The number of piperazine rings is 1. The van der Waals surface area contributed by atoms with E-state index in [9.17, 15) is 17.6 Å². The zero-order valence-corrected chi connectivity index (χ0v) is 17.5. The van der Waals surface area contributed by atoms with E-state index in [0.29, 0.717) is 34.6 Å². The van der Waals surface area contributed by atoms with Crippen molar-refractivity contribution in [3.8, 4) is 22.7 Å². The normalized spacial score (nSPS) is 19.1. The molecule has 2 aromatic carbocycles. The van der Waals surface area contributed by atoms with Gasteiger partial charge in [-0.15, -0.1) is 15.3 Å². The molecule has 1 unspecified atom stereocenters. The highest BCUT2D eigenvalue weighted by molar-refractivity contribution is 5.67. The first kappa shape index (κ1) is 20.8. The van der Waals surface area contributed by atoms with Crippen molar-refractivity contribution in [2.45, 2.75) is 25.1 Å². The van der Waals surface area contributed by atoms with Gasteiger partial charge in [-0.2, -0.15) is 8.78 Å². The van der Waals surface area contributed by atoms with E-state index in [0.717, 1.165) is 19.2 Å². The van der Waals surface area contributed by atoms with E-state index in [1.54, 1.807) is 18.3 Å². The second kappa shape index (κ2) is 7.90. The molecule has 4 aromatic rings. The number of hydrogen-bond donors (Lipinski definition) is 1. The summed E-state index contributed by atoms with van der Waals surface area (Å²) in [6.45, 7) is 1.69. The predicted octanol–water partition coefficient (Wildman–Crippen LogP) is 3.42. The van der Waals surface area contributed by atoms with Crippen molar-refractivity contribution in [3.63, 3.8) is 0 Å². The smallest absolute Gasteiger partial charge is 0.314 e. The molecule has 2 aromatic heterocycles. The molecule has 0 spiro atoms. The fraction of sp³-hybridized carbons (Fsp3) is 0.273. The summed E-state index contributed by atoms with van der Waals surface area (Å²) in [5.41, 5.74) is 2.27. The Morgan fingerprint density at radius 1 is 1.03 bits per heavy atom. The molecule has 4 heterocycles. The molecule has 0 aliphatic carbocycles. The minimum atomic E-state index is -2.90. The predicted molar refractivity (Wildman–Crippen MR) is 112 cm³/mol. The van der Waals surface area contributed by atoms with Crippen LogP contribution in [-0.4, -0.2) is 50.4 Å². The van der Waals surface area contributed by atoms with Crippen molar-refractivity contribution >= 4 is 5.69 Å². The van der Waals surface area contributed by atoms with Crippen LogP contribution in [0.25, 0.3) is 22.7 Å². The third-order valence-corrected chi connectivity index (χ3v) is 6.20. The number of aromatic nitrogens is 5. The van der Waals surface area contributed by atoms with Gasteiger partial charge in [-0.3, -0.25) is 0 Å². The number of halogens is 4. The third-order valence-electron chi connectivity index (χ3n) is 6.20. The van der Waals surface area contributed by atoms with Crippen LogP contribution in [0.15, 0.2) is 47.0 Å². The molecule has 8 nitrogen and oxygen atoms in total. The number of anilines is 1. The van der Waals surface area contributed by atoms with Crippen molar-refractivity contribution in [2.75, 3.05) is 18.0 Å². The summed E-state index contributed by atoms with van der Waals surface area (Å²) in [5.74, 6) is -1.89.